The highest BCUT2D eigenvalue weighted by Gasteiger charge is 1.92. The third-order valence-electron chi connectivity index (χ3n) is 1.05. The van der Waals surface area contributed by atoms with Gasteiger partial charge < -0.3 is 0 Å². The fourth-order valence-corrected chi connectivity index (χ4v) is 0.555. The van der Waals surface area contributed by atoms with E-state index in [2.05, 4.69) is 4.98 Å². The molecule has 1 rings (SSSR count). The molecule has 0 radical (unpaired) electrons. The summed E-state index contributed by atoms with van der Waals surface area (Å²) < 4.78 is 59.0. The number of allylic oxidation sites excluding steroid dienone is 4. The first kappa shape index (κ1) is 2.70. The number of nitrogens with zero attached hydrogens (tertiary/aromatic N) is 1. The van der Waals surface area contributed by atoms with Crippen LogP contribution in [0.5, 0.6) is 0 Å². The molecule has 1 nitrogen and oxygen atoms in total. The molecular weight excluding hydrogens is 146 g/mol. The molecule has 0 aliphatic heterocycles. The van der Waals surface area contributed by atoms with Gasteiger partial charge >= 0.3 is 0 Å². The molecule has 12 heavy (non-hydrogen) atoms. The molecule has 1 aromatic heterocycles. The minimum Gasteiger partial charge on any atom is -0.256 e. The van der Waals surface area contributed by atoms with Crippen molar-refractivity contribution in [2.24, 2.45) is 0 Å². The fraction of sp³-hybridized carbons (Fsp3) is 0. The summed E-state index contributed by atoms with van der Waals surface area (Å²) in [4.78, 5) is 3.67. The minimum absolute atomic E-state index is 0.0337. The van der Waals surface area contributed by atoms with Gasteiger partial charge in [-0.2, -0.15) is 0 Å². The van der Waals surface area contributed by atoms with Crippen molar-refractivity contribution < 1.29 is 11.0 Å². The van der Waals surface area contributed by atoms with Gasteiger partial charge in [-0.15, -0.1) is 0 Å². The van der Waals surface area contributed by atoms with Crippen LogP contribution in [-0.4, -0.2) is 4.98 Å². The summed E-state index contributed by atoms with van der Waals surface area (Å²) in [5.74, 6) is 0. The van der Waals surface area contributed by atoms with Gasteiger partial charge in [0, 0.05) is 6.17 Å². The second kappa shape index (κ2) is 4.29. The molecule has 0 amide bonds. The Morgan fingerprint density at radius 3 is 3.58 bits per heavy atom. The summed E-state index contributed by atoms with van der Waals surface area (Å²) in [6.45, 7) is 1.45. The molecule has 0 atom stereocenters. The SMILES string of the molecule is [2H]C=C([2H])C([2H])=CC(=C[2H])c1nc([2H])c([2H])c([2H])c1[2H]. The maximum atomic E-state index is 7.70. The van der Waals surface area contributed by atoms with Crippen molar-refractivity contribution in [3.05, 3.63) is 61.3 Å². The molecule has 0 saturated carbocycles. The lowest BCUT2D eigenvalue weighted by atomic mass is 10.2. The molecule has 60 valence electrons. The molecule has 0 unspecified atom stereocenters. The number of aromatic nitrogens is 1. The summed E-state index contributed by atoms with van der Waals surface area (Å²) in [5.41, 5.74) is -0.206. The number of hydrogen-bond donors (Lipinski definition) is 0. The molecule has 0 aliphatic carbocycles. The van der Waals surface area contributed by atoms with E-state index in [1.165, 1.54) is 0 Å². The van der Waals surface area contributed by atoms with E-state index in [4.69, 9.17) is 11.0 Å². The van der Waals surface area contributed by atoms with Crippen LogP contribution in [0.3, 0.4) is 0 Å². The highest BCUT2D eigenvalue weighted by atomic mass is 14.7. The zero-order valence-corrected chi connectivity index (χ0v) is 6.18. The topological polar surface area (TPSA) is 12.9 Å². The summed E-state index contributed by atoms with van der Waals surface area (Å²) in [5, 5.41) is 0. The molecular formula is C11H11N. The fourth-order valence-electron chi connectivity index (χ4n) is 0.555. The smallest absolute Gasteiger partial charge is 0.0840 e. The quantitative estimate of drug-likeness (QED) is 0.628. The lowest BCUT2D eigenvalue weighted by molar-refractivity contribution is 1.28. The Morgan fingerprint density at radius 1 is 1.75 bits per heavy atom. The zero-order valence-electron chi connectivity index (χ0n) is 14.2. The van der Waals surface area contributed by atoms with Crippen molar-refractivity contribution in [2.75, 3.05) is 0 Å². The van der Waals surface area contributed by atoms with Gasteiger partial charge in [0.25, 0.3) is 0 Å². The molecule has 0 saturated heterocycles. The van der Waals surface area contributed by atoms with E-state index in [9.17, 15) is 0 Å². The van der Waals surface area contributed by atoms with E-state index in [0.717, 1.165) is 12.6 Å². The Kier molecular flexibility index (Phi) is 0.965. The maximum Gasteiger partial charge on any atom is 0.0840 e. The zero-order chi connectivity index (χ0) is 15.4. The first-order chi connectivity index (χ1) is 9.33. The van der Waals surface area contributed by atoms with E-state index in [0.29, 0.717) is 6.55 Å². The van der Waals surface area contributed by atoms with Crippen LogP contribution < -0.4 is 0 Å². The first-order valence-corrected chi connectivity index (χ1v) is 3.10. The molecule has 0 fully saturated rings. The predicted molar refractivity (Wildman–Crippen MR) is 52.6 cm³/mol. The Labute approximate surface area is 84.0 Å². The average Bonchev–Trinajstić information content (AvgIpc) is 2.45. The lowest BCUT2D eigenvalue weighted by Crippen LogP contribution is -1.82. The standard InChI is InChI=1S/C11H11N/c1-3-4-7-10(2)11-8-5-6-9-12-11/h3-9H,1-2H2/i1D,2D,3D,4D,5D,6D,8D,9D. The van der Waals surface area contributed by atoms with Crippen molar-refractivity contribution in [1.29, 1.82) is 0 Å². The molecule has 1 heterocycles. The van der Waals surface area contributed by atoms with Crippen LogP contribution in [0.15, 0.2) is 55.6 Å². The molecule has 0 N–H and O–H groups in total. The van der Waals surface area contributed by atoms with E-state index < -0.39 is 24.3 Å². The molecule has 0 bridgehead atoms. The van der Waals surface area contributed by atoms with Crippen molar-refractivity contribution in [3.63, 3.8) is 0 Å². The van der Waals surface area contributed by atoms with Gasteiger partial charge in [-0.25, -0.2) is 0 Å². The molecule has 1 heteroatoms. The summed E-state index contributed by atoms with van der Waals surface area (Å²) in [6.07, 6.45) is 0.561. The highest BCUT2D eigenvalue weighted by molar-refractivity contribution is 5.69. The Bertz CT molecular complexity index is 617. The average molecular weight is 165 g/mol. The van der Waals surface area contributed by atoms with Gasteiger partial charge in [-0.1, -0.05) is 37.3 Å². The van der Waals surface area contributed by atoms with Crippen LogP contribution in [0.2, 0.25) is 0 Å². The Balaban J connectivity index is 3.43. The third-order valence-corrected chi connectivity index (χ3v) is 1.05. The summed E-state index contributed by atoms with van der Waals surface area (Å²) in [6, 6.07) is -2.13. The molecule has 1 aromatic rings. The maximum absolute atomic E-state index is 7.70. The van der Waals surface area contributed by atoms with E-state index in [1.54, 1.807) is 0 Å². The largest absolute Gasteiger partial charge is 0.256 e. The third kappa shape index (κ3) is 2.20. The number of hydrogen-bond acceptors (Lipinski definition) is 1. The predicted octanol–water partition coefficient (Wildman–Crippen LogP) is 2.84. The van der Waals surface area contributed by atoms with Gasteiger partial charge in [-0.3, -0.25) is 4.98 Å². The molecule has 0 aliphatic rings. The number of pyridine rings is 1. The normalized spacial score (nSPS) is 23.8. The number of rotatable bonds is 3. The van der Waals surface area contributed by atoms with E-state index >= 15 is 0 Å². The molecule has 0 aromatic carbocycles. The van der Waals surface area contributed by atoms with Crippen molar-refractivity contribution in [2.45, 2.75) is 0 Å². The van der Waals surface area contributed by atoms with Crippen LogP contribution in [-0.2, 0) is 0 Å². The van der Waals surface area contributed by atoms with Gasteiger partial charge in [-0.05, 0) is 17.7 Å². The van der Waals surface area contributed by atoms with Gasteiger partial charge in [0.2, 0.25) is 0 Å². The van der Waals surface area contributed by atoms with Crippen LogP contribution >= 0.6 is 0 Å². The van der Waals surface area contributed by atoms with E-state index in [-0.39, 0.29) is 23.4 Å². The second-order valence-corrected chi connectivity index (χ2v) is 1.84. The minimum atomic E-state index is -0.498. The Hall–Kier alpha value is -1.63. The monoisotopic (exact) mass is 165 g/mol. The van der Waals surface area contributed by atoms with Crippen molar-refractivity contribution >= 4 is 5.57 Å². The lowest BCUT2D eigenvalue weighted by Gasteiger charge is -1.96. The summed E-state index contributed by atoms with van der Waals surface area (Å²) >= 11 is 0. The van der Waals surface area contributed by atoms with Crippen molar-refractivity contribution in [1.82, 2.24) is 4.98 Å². The van der Waals surface area contributed by atoms with Gasteiger partial charge in [0.1, 0.15) is 0 Å². The van der Waals surface area contributed by atoms with Gasteiger partial charge in [0.05, 0.1) is 16.7 Å². The summed E-state index contributed by atoms with van der Waals surface area (Å²) in [7, 11) is 0. The first-order valence-electron chi connectivity index (χ1n) is 7.26. The van der Waals surface area contributed by atoms with E-state index in [1.807, 2.05) is 0 Å². The van der Waals surface area contributed by atoms with Gasteiger partial charge in [0.15, 0.2) is 0 Å². The van der Waals surface area contributed by atoms with Crippen molar-refractivity contribution in [3.8, 4) is 0 Å². The van der Waals surface area contributed by atoms with Crippen LogP contribution in [0.1, 0.15) is 16.7 Å². The van der Waals surface area contributed by atoms with Crippen LogP contribution in [0.4, 0.5) is 0 Å². The van der Waals surface area contributed by atoms with Crippen LogP contribution in [0.25, 0.3) is 5.57 Å². The molecule has 0 spiro atoms. The Morgan fingerprint density at radius 2 is 2.75 bits per heavy atom. The van der Waals surface area contributed by atoms with Crippen LogP contribution in [0, 0.1) is 0 Å². The second-order valence-electron chi connectivity index (χ2n) is 1.84. The highest BCUT2D eigenvalue weighted by Crippen LogP contribution is 2.08.